The molecule has 0 aliphatic rings. The van der Waals surface area contributed by atoms with Crippen LogP contribution in [0, 0.1) is 0 Å². The molecule has 0 unspecified atom stereocenters. The predicted octanol–water partition coefficient (Wildman–Crippen LogP) is 3.11. The normalized spacial score (nSPS) is 11.2. The number of amides is 1. The average molecular weight is 288 g/mol. The highest BCUT2D eigenvalue weighted by Gasteiger charge is 1.95. The molecule has 0 fully saturated rings. The molecule has 0 saturated heterocycles. The van der Waals surface area contributed by atoms with Gasteiger partial charge in [0.05, 0.1) is 0 Å². The minimum absolute atomic E-state index is 0.0629. The highest BCUT2D eigenvalue weighted by atomic mass is 16.1. The molecule has 1 aromatic rings. The van der Waals surface area contributed by atoms with E-state index in [1.54, 1.807) is 6.92 Å². The zero-order valence-corrected chi connectivity index (χ0v) is 13.6. The Hall–Kier alpha value is -1.61. The maximum absolute atomic E-state index is 10.7. The van der Waals surface area contributed by atoms with Crippen molar-refractivity contribution in [1.29, 1.82) is 0 Å². The van der Waals surface area contributed by atoms with Crippen LogP contribution in [0.1, 0.15) is 37.3 Å². The van der Waals surface area contributed by atoms with Gasteiger partial charge in [0.15, 0.2) is 0 Å². The zero-order chi connectivity index (χ0) is 15.5. The van der Waals surface area contributed by atoms with Crippen LogP contribution in [0.2, 0.25) is 0 Å². The molecule has 3 nitrogen and oxygen atoms in total. The van der Waals surface area contributed by atoms with Gasteiger partial charge >= 0.3 is 0 Å². The summed E-state index contributed by atoms with van der Waals surface area (Å²) in [6.07, 6.45) is 8.85. The SMILES string of the molecule is CC(=O)NCCCCCc1ccc(/C=C/CN(C)C)cc1. The van der Waals surface area contributed by atoms with Gasteiger partial charge in [0.2, 0.25) is 5.91 Å². The molecule has 1 rings (SSSR count). The second-order valence-electron chi connectivity index (χ2n) is 5.70. The monoisotopic (exact) mass is 288 g/mol. The largest absolute Gasteiger partial charge is 0.356 e. The van der Waals surface area contributed by atoms with Crippen molar-refractivity contribution in [3.63, 3.8) is 0 Å². The van der Waals surface area contributed by atoms with Gasteiger partial charge in [0.1, 0.15) is 0 Å². The van der Waals surface area contributed by atoms with E-state index in [1.165, 1.54) is 17.5 Å². The first-order valence-electron chi connectivity index (χ1n) is 7.72. The molecule has 1 N–H and O–H groups in total. The van der Waals surface area contributed by atoms with E-state index in [4.69, 9.17) is 0 Å². The summed E-state index contributed by atoms with van der Waals surface area (Å²) in [5.74, 6) is 0.0629. The fraction of sp³-hybridized carbons (Fsp3) is 0.500. The van der Waals surface area contributed by atoms with Crippen LogP contribution in [0.4, 0.5) is 0 Å². The summed E-state index contributed by atoms with van der Waals surface area (Å²) in [5, 5.41) is 2.83. The lowest BCUT2D eigenvalue weighted by molar-refractivity contribution is -0.118. The van der Waals surface area contributed by atoms with Gasteiger partial charge < -0.3 is 10.2 Å². The number of carbonyl (C=O) groups is 1. The lowest BCUT2D eigenvalue weighted by atomic mass is 10.0. The topological polar surface area (TPSA) is 32.3 Å². The molecular weight excluding hydrogens is 260 g/mol. The number of nitrogens with zero attached hydrogens (tertiary/aromatic N) is 1. The fourth-order valence-corrected chi connectivity index (χ4v) is 2.09. The van der Waals surface area contributed by atoms with Crippen molar-refractivity contribution in [2.24, 2.45) is 0 Å². The quantitative estimate of drug-likeness (QED) is 0.708. The molecule has 0 aliphatic heterocycles. The summed E-state index contributed by atoms with van der Waals surface area (Å²) < 4.78 is 0. The Bertz CT molecular complexity index is 435. The Morgan fingerprint density at radius 3 is 2.48 bits per heavy atom. The maximum Gasteiger partial charge on any atom is 0.216 e. The van der Waals surface area contributed by atoms with E-state index in [9.17, 15) is 4.79 Å². The molecule has 1 amide bonds. The molecule has 1 aromatic carbocycles. The third-order valence-electron chi connectivity index (χ3n) is 3.28. The van der Waals surface area contributed by atoms with Crippen LogP contribution in [-0.2, 0) is 11.2 Å². The number of hydrogen-bond acceptors (Lipinski definition) is 2. The van der Waals surface area contributed by atoms with Gasteiger partial charge in [-0.15, -0.1) is 0 Å². The van der Waals surface area contributed by atoms with E-state index in [2.05, 4.69) is 60.7 Å². The van der Waals surface area contributed by atoms with Crippen molar-refractivity contribution in [2.75, 3.05) is 27.2 Å². The summed E-state index contributed by atoms with van der Waals surface area (Å²) in [6.45, 7) is 3.33. The first-order chi connectivity index (χ1) is 10.1. The smallest absolute Gasteiger partial charge is 0.216 e. The molecule has 116 valence electrons. The molecular formula is C18H28N2O. The van der Waals surface area contributed by atoms with Crippen LogP contribution in [0.25, 0.3) is 6.08 Å². The standard InChI is InChI=1S/C18H28N2O/c1-16(21)19-14-6-4-5-8-17-10-12-18(13-11-17)9-7-15-20(2)3/h7,9-13H,4-6,8,14-15H2,1-3H3,(H,19,21)/b9-7+. The molecule has 0 aromatic heterocycles. The number of nitrogens with one attached hydrogen (secondary N) is 1. The van der Waals surface area contributed by atoms with Gasteiger partial charge in [-0.3, -0.25) is 4.79 Å². The van der Waals surface area contributed by atoms with Crippen LogP contribution in [-0.4, -0.2) is 38.0 Å². The summed E-state index contributed by atoms with van der Waals surface area (Å²) in [7, 11) is 4.14. The van der Waals surface area contributed by atoms with Gasteiger partial charge in [-0.25, -0.2) is 0 Å². The van der Waals surface area contributed by atoms with Crippen LogP contribution in [0.5, 0.6) is 0 Å². The molecule has 0 saturated carbocycles. The first kappa shape index (κ1) is 17.4. The lowest BCUT2D eigenvalue weighted by Gasteiger charge is -2.05. The Balaban J connectivity index is 2.22. The van der Waals surface area contributed by atoms with Crippen molar-refractivity contribution in [1.82, 2.24) is 10.2 Å². The van der Waals surface area contributed by atoms with Gasteiger partial charge in [-0.05, 0) is 44.5 Å². The van der Waals surface area contributed by atoms with Crippen LogP contribution >= 0.6 is 0 Å². The van der Waals surface area contributed by atoms with E-state index in [0.29, 0.717) is 0 Å². The third kappa shape index (κ3) is 9.03. The number of aryl methyl sites for hydroxylation is 1. The third-order valence-corrected chi connectivity index (χ3v) is 3.28. The average Bonchev–Trinajstić information content (AvgIpc) is 2.43. The number of unbranched alkanes of at least 4 members (excludes halogenated alkanes) is 2. The highest BCUT2D eigenvalue weighted by Crippen LogP contribution is 2.10. The van der Waals surface area contributed by atoms with Gasteiger partial charge in [-0.1, -0.05) is 42.8 Å². The van der Waals surface area contributed by atoms with Crippen LogP contribution < -0.4 is 5.32 Å². The van der Waals surface area contributed by atoms with E-state index in [-0.39, 0.29) is 5.91 Å². The van der Waals surface area contributed by atoms with Crippen molar-refractivity contribution < 1.29 is 4.79 Å². The summed E-state index contributed by atoms with van der Waals surface area (Å²) in [5.41, 5.74) is 2.64. The van der Waals surface area contributed by atoms with Crippen molar-refractivity contribution >= 4 is 12.0 Å². The second-order valence-corrected chi connectivity index (χ2v) is 5.70. The van der Waals surface area contributed by atoms with Gasteiger partial charge in [0.25, 0.3) is 0 Å². The molecule has 0 atom stereocenters. The molecule has 0 radical (unpaired) electrons. The Morgan fingerprint density at radius 2 is 1.86 bits per heavy atom. The summed E-state index contributed by atoms with van der Waals surface area (Å²) >= 11 is 0. The van der Waals surface area contributed by atoms with Crippen molar-refractivity contribution in [2.45, 2.75) is 32.6 Å². The predicted molar refractivity (Wildman–Crippen MR) is 90.3 cm³/mol. The molecule has 0 spiro atoms. The summed E-state index contributed by atoms with van der Waals surface area (Å²) in [6, 6.07) is 8.78. The number of benzene rings is 1. The number of carbonyl (C=O) groups excluding carboxylic acids is 1. The minimum atomic E-state index is 0.0629. The number of likely N-dealkylation sites (N-methyl/N-ethyl adjacent to an activating group) is 1. The highest BCUT2D eigenvalue weighted by molar-refractivity contribution is 5.72. The Morgan fingerprint density at radius 1 is 1.14 bits per heavy atom. The minimum Gasteiger partial charge on any atom is -0.356 e. The van der Waals surface area contributed by atoms with E-state index >= 15 is 0 Å². The first-order valence-corrected chi connectivity index (χ1v) is 7.72. The maximum atomic E-state index is 10.7. The lowest BCUT2D eigenvalue weighted by Crippen LogP contribution is -2.20. The fourth-order valence-electron chi connectivity index (χ4n) is 2.09. The molecule has 0 aliphatic carbocycles. The summed E-state index contributed by atoms with van der Waals surface area (Å²) in [4.78, 5) is 12.9. The van der Waals surface area contributed by atoms with Crippen molar-refractivity contribution in [3.05, 3.63) is 41.5 Å². The van der Waals surface area contributed by atoms with Gasteiger partial charge in [0, 0.05) is 20.0 Å². The Kier molecular flexibility index (Phi) is 8.44. The molecule has 0 bridgehead atoms. The van der Waals surface area contributed by atoms with E-state index in [1.807, 2.05) is 0 Å². The van der Waals surface area contributed by atoms with E-state index in [0.717, 1.165) is 32.4 Å². The molecule has 3 heteroatoms. The van der Waals surface area contributed by atoms with Crippen LogP contribution in [0.15, 0.2) is 30.3 Å². The molecule has 21 heavy (non-hydrogen) atoms. The number of hydrogen-bond donors (Lipinski definition) is 1. The zero-order valence-electron chi connectivity index (χ0n) is 13.6. The van der Waals surface area contributed by atoms with Crippen LogP contribution in [0.3, 0.4) is 0 Å². The van der Waals surface area contributed by atoms with Crippen molar-refractivity contribution in [3.8, 4) is 0 Å². The Labute approximate surface area is 129 Å². The van der Waals surface area contributed by atoms with Gasteiger partial charge in [-0.2, -0.15) is 0 Å². The number of rotatable bonds is 9. The van der Waals surface area contributed by atoms with E-state index < -0.39 is 0 Å². The molecule has 0 heterocycles. The second kappa shape index (κ2) is 10.2.